The molecule has 1 saturated heterocycles. The van der Waals surface area contributed by atoms with E-state index in [1.165, 1.54) is 6.33 Å². The highest BCUT2D eigenvalue weighted by molar-refractivity contribution is 6.16. The van der Waals surface area contributed by atoms with Crippen LogP contribution in [-0.2, 0) is 0 Å². The monoisotopic (exact) mass is 416 g/mol. The van der Waals surface area contributed by atoms with E-state index in [1.807, 2.05) is 13.0 Å². The van der Waals surface area contributed by atoms with Gasteiger partial charge in [0.15, 0.2) is 0 Å². The van der Waals surface area contributed by atoms with Crippen molar-refractivity contribution in [1.82, 2.24) is 20.3 Å². The van der Waals surface area contributed by atoms with Crippen molar-refractivity contribution in [3.05, 3.63) is 71.2 Å². The summed E-state index contributed by atoms with van der Waals surface area (Å²) in [6.07, 6.45) is 4.01. The second kappa shape index (κ2) is 8.88. The normalized spacial score (nSPS) is 15.5. The van der Waals surface area contributed by atoms with Gasteiger partial charge in [0, 0.05) is 29.9 Å². The van der Waals surface area contributed by atoms with Gasteiger partial charge in [0.05, 0.1) is 11.3 Å². The summed E-state index contributed by atoms with van der Waals surface area (Å²) in [5.74, 6) is 1.00. The van der Waals surface area contributed by atoms with Gasteiger partial charge in [-0.25, -0.2) is 15.0 Å². The van der Waals surface area contributed by atoms with Crippen LogP contribution in [-0.4, -0.2) is 45.7 Å². The van der Waals surface area contributed by atoms with Crippen LogP contribution in [0.25, 0.3) is 0 Å². The highest BCUT2D eigenvalue weighted by Crippen LogP contribution is 2.23. The van der Waals surface area contributed by atoms with Gasteiger partial charge < -0.3 is 21.7 Å². The van der Waals surface area contributed by atoms with Gasteiger partial charge in [-0.3, -0.25) is 10.2 Å². The second-order valence-corrected chi connectivity index (χ2v) is 7.44. The summed E-state index contributed by atoms with van der Waals surface area (Å²) in [7, 11) is 0. The fourth-order valence-electron chi connectivity index (χ4n) is 3.45. The fourth-order valence-corrected chi connectivity index (χ4v) is 3.45. The Bertz CT molecular complexity index is 1110. The Morgan fingerprint density at radius 1 is 1.16 bits per heavy atom. The van der Waals surface area contributed by atoms with Gasteiger partial charge in [-0.2, -0.15) is 0 Å². The van der Waals surface area contributed by atoms with E-state index in [9.17, 15) is 4.79 Å². The molecule has 1 atom stereocenters. The van der Waals surface area contributed by atoms with Crippen molar-refractivity contribution in [3.63, 3.8) is 0 Å². The maximum Gasteiger partial charge on any atom is 0.256 e. The molecule has 3 aromatic rings. The van der Waals surface area contributed by atoms with Crippen LogP contribution in [0, 0.1) is 12.3 Å². The molecule has 0 aliphatic carbocycles. The number of hydrogen-bond donors (Lipinski definition) is 5. The highest BCUT2D eigenvalue weighted by atomic mass is 16.1. The number of nitrogens with two attached hydrogens (primary N) is 1. The van der Waals surface area contributed by atoms with Crippen LogP contribution in [0.2, 0.25) is 0 Å². The first-order valence-electron chi connectivity index (χ1n) is 10.0. The van der Waals surface area contributed by atoms with E-state index < -0.39 is 0 Å². The average molecular weight is 416 g/mol. The quantitative estimate of drug-likeness (QED) is 0.388. The van der Waals surface area contributed by atoms with Gasteiger partial charge in [-0.1, -0.05) is 12.1 Å². The number of nitrogens with zero attached hydrogens (tertiary/aromatic N) is 3. The number of aromatic nitrogens is 3. The van der Waals surface area contributed by atoms with Crippen LogP contribution < -0.4 is 21.7 Å². The molecule has 1 aliphatic rings. The van der Waals surface area contributed by atoms with Crippen LogP contribution in [0.5, 0.6) is 0 Å². The van der Waals surface area contributed by atoms with Crippen LogP contribution in [0.1, 0.15) is 33.5 Å². The summed E-state index contributed by atoms with van der Waals surface area (Å²) in [4.78, 5) is 25.0. The molecule has 9 nitrogen and oxygen atoms in total. The van der Waals surface area contributed by atoms with E-state index in [2.05, 4.69) is 30.9 Å². The van der Waals surface area contributed by atoms with Crippen LogP contribution in [0.4, 0.5) is 17.5 Å². The molecule has 0 spiro atoms. The molecule has 1 aliphatic heterocycles. The number of nitrogen functional groups attached to an aromatic ring is 1. The third-order valence-corrected chi connectivity index (χ3v) is 5.12. The van der Waals surface area contributed by atoms with Gasteiger partial charge >= 0.3 is 0 Å². The zero-order valence-electron chi connectivity index (χ0n) is 17.1. The summed E-state index contributed by atoms with van der Waals surface area (Å²) < 4.78 is 0. The smallest absolute Gasteiger partial charge is 0.256 e. The van der Waals surface area contributed by atoms with Gasteiger partial charge in [0.2, 0.25) is 0 Å². The number of benzene rings is 1. The molecule has 1 amide bonds. The molecule has 1 fully saturated rings. The number of rotatable bonds is 6. The molecule has 2 aromatic heterocycles. The van der Waals surface area contributed by atoms with E-state index >= 15 is 0 Å². The molecule has 9 heteroatoms. The number of amides is 1. The lowest BCUT2D eigenvalue weighted by atomic mass is 10.0. The van der Waals surface area contributed by atoms with Crippen LogP contribution >= 0.6 is 0 Å². The minimum atomic E-state index is -0.269. The van der Waals surface area contributed by atoms with Gasteiger partial charge in [0.25, 0.3) is 5.91 Å². The molecule has 1 aromatic carbocycles. The zero-order valence-corrected chi connectivity index (χ0v) is 17.1. The number of aryl methyl sites for hydroxylation is 1. The summed E-state index contributed by atoms with van der Waals surface area (Å²) in [6.45, 7) is 3.70. The molecule has 158 valence electrons. The first-order chi connectivity index (χ1) is 15.0. The first kappa shape index (κ1) is 20.4. The van der Waals surface area contributed by atoms with E-state index in [-0.39, 0.29) is 23.5 Å². The minimum Gasteiger partial charge on any atom is -0.383 e. The molecule has 3 heterocycles. The number of anilines is 3. The number of pyridine rings is 1. The van der Waals surface area contributed by atoms with Crippen LogP contribution in [0.15, 0.2) is 48.9 Å². The van der Waals surface area contributed by atoms with E-state index in [1.54, 1.807) is 36.5 Å². The highest BCUT2D eigenvalue weighted by Gasteiger charge is 2.21. The molecule has 1 unspecified atom stereocenters. The largest absolute Gasteiger partial charge is 0.383 e. The van der Waals surface area contributed by atoms with Crippen molar-refractivity contribution >= 4 is 29.1 Å². The molecule has 0 bridgehead atoms. The lowest BCUT2D eigenvalue weighted by molar-refractivity contribution is 0.102. The maximum atomic E-state index is 12.5. The van der Waals surface area contributed by atoms with Crippen molar-refractivity contribution < 1.29 is 4.79 Å². The van der Waals surface area contributed by atoms with Crippen molar-refractivity contribution in [2.24, 2.45) is 0 Å². The Balaban J connectivity index is 1.53. The Morgan fingerprint density at radius 3 is 2.65 bits per heavy atom. The molecule has 6 N–H and O–H groups in total. The second-order valence-electron chi connectivity index (χ2n) is 7.44. The Labute approximate surface area is 180 Å². The number of carbonyl (C=O) groups is 1. The molecule has 0 radical (unpaired) electrons. The van der Waals surface area contributed by atoms with E-state index in [0.717, 1.165) is 25.1 Å². The minimum absolute atomic E-state index is 0.193. The third kappa shape index (κ3) is 4.67. The first-order valence-corrected chi connectivity index (χ1v) is 10.0. The molecule has 0 saturated carbocycles. The predicted octanol–water partition coefficient (Wildman–Crippen LogP) is 2.20. The van der Waals surface area contributed by atoms with Crippen molar-refractivity contribution in [3.8, 4) is 0 Å². The lowest BCUT2D eigenvalue weighted by Gasteiger charge is -2.17. The Hall–Kier alpha value is -3.85. The molecule has 31 heavy (non-hydrogen) atoms. The van der Waals surface area contributed by atoms with Crippen molar-refractivity contribution in [2.45, 2.75) is 19.4 Å². The van der Waals surface area contributed by atoms with E-state index in [4.69, 9.17) is 11.1 Å². The third-order valence-electron chi connectivity index (χ3n) is 5.12. The summed E-state index contributed by atoms with van der Waals surface area (Å²) in [5, 5.41) is 18.1. The molecule has 4 rings (SSSR count). The van der Waals surface area contributed by atoms with Gasteiger partial charge in [-0.05, 0) is 49.7 Å². The van der Waals surface area contributed by atoms with Gasteiger partial charge in [-0.15, -0.1) is 0 Å². The summed E-state index contributed by atoms with van der Waals surface area (Å²) in [6, 6.07) is 10.7. The topological polar surface area (TPSA) is 142 Å². The summed E-state index contributed by atoms with van der Waals surface area (Å²) >= 11 is 0. The maximum absolute atomic E-state index is 12.5. The van der Waals surface area contributed by atoms with Crippen molar-refractivity contribution in [2.75, 3.05) is 29.5 Å². The predicted molar refractivity (Wildman–Crippen MR) is 121 cm³/mol. The molecular formula is C22H24N8O. The fraction of sp³-hybridized carbons (Fsp3) is 0.227. The number of carbonyl (C=O) groups excluding carboxylic acids is 1. The van der Waals surface area contributed by atoms with Gasteiger partial charge in [0.1, 0.15) is 23.8 Å². The Kier molecular flexibility index (Phi) is 5.85. The number of nitrogens with one attached hydrogen (secondary N) is 4. The zero-order chi connectivity index (χ0) is 21.8. The number of hydrogen-bond acceptors (Lipinski definition) is 8. The molecular weight excluding hydrogens is 392 g/mol. The lowest BCUT2D eigenvalue weighted by Crippen LogP contribution is -2.25. The summed E-state index contributed by atoms with van der Waals surface area (Å²) in [5.41, 5.74) is 8.82. The Morgan fingerprint density at radius 2 is 1.94 bits per heavy atom. The van der Waals surface area contributed by atoms with E-state index in [0.29, 0.717) is 28.3 Å². The van der Waals surface area contributed by atoms with Crippen LogP contribution in [0.3, 0.4) is 0 Å². The SMILES string of the molecule is Cc1ccnc(NC(=O)c2ccc(C(=N)c3c(N)ncnc3NC3CCNC3)cc2)c1. The standard InChI is InChI=1S/C22H24N8O/c1-13-6-9-26-17(10-13)30-22(31)15-4-2-14(3-5-15)19(23)18-20(24)27-12-28-21(18)29-16-7-8-25-11-16/h2-6,9-10,12,16,23,25H,7-8,11H2,1H3,(H,26,30,31)(H3,24,27,28,29). The average Bonchev–Trinajstić information content (AvgIpc) is 3.27. The van der Waals surface area contributed by atoms with Crippen molar-refractivity contribution in [1.29, 1.82) is 5.41 Å².